The van der Waals surface area contributed by atoms with Crippen molar-refractivity contribution in [2.75, 3.05) is 26.2 Å². The molecule has 6 nitrogen and oxygen atoms in total. The minimum atomic E-state index is -0.284. The fourth-order valence-electron chi connectivity index (χ4n) is 2.91. The fraction of sp³-hybridized carbons (Fsp3) is 0.500. The number of amides is 1. The Balaban J connectivity index is 1.46. The first kappa shape index (κ1) is 17.5. The largest absolute Gasteiger partial charge is 0.340 e. The minimum absolute atomic E-state index is 0.0780. The van der Waals surface area contributed by atoms with Crippen LogP contribution < -0.4 is 0 Å². The minimum Gasteiger partial charge on any atom is -0.340 e. The molecule has 0 saturated carbocycles. The lowest BCUT2D eigenvalue weighted by Crippen LogP contribution is -2.48. The highest BCUT2D eigenvalue weighted by molar-refractivity contribution is 5.78. The van der Waals surface area contributed by atoms with E-state index in [2.05, 4.69) is 22.0 Å². The maximum atomic E-state index is 12.9. The number of carbonyl (C=O) groups is 1. The Morgan fingerprint density at radius 2 is 1.92 bits per heavy atom. The van der Waals surface area contributed by atoms with Gasteiger partial charge in [0.15, 0.2) is 5.82 Å². The summed E-state index contributed by atoms with van der Waals surface area (Å²) in [6.07, 6.45) is 2.13. The Morgan fingerprint density at radius 3 is 2.60 bits per heavy atom. The van der Waals surface area contributed by atoms with Crippen LogP contribution in [0.15, 0.2) is 28.8 Å². The molecule has 3 rings (SSSR count). The molecule has 1 aromatic carbocycles. The van der Waals surface area contributed by atoms with Gasteiger partial charge in [0.25, 0.3) is 0 Å². The van der Waals surface area contributed by atoms with Crippen LogP contribution in [0.1, 0.15) is 30.6 Å². The predicted molar refractivity (Wildman–Crippen MR) is 90.3 cm³/mol. The van der Waals surface area contributed by atoms with E-state index in [0.29, 0.717) is 31.9 Å². The SMILES string of the molecule is CCCc1noc(CN2CCN(C(=O)Cc3ccc(F)cc3)CC2)n1. The first-order valence-corrected chi connectivity index (χ1v) is 8.70. The molecule has 7 heteroatoms. The third-order valence-electron chi connectivity index (χ3n) is 4.34. The van der Waals surface area contributed by atoms with E-state index in [0.717, 1.165) is 37.3 Å². The zero-order valence-electron chi connectivity index (χ0n) is 14.4. The van der Waals surface area contributed by atoms with Gasteiger partial charge in [-0.2, -0.15) is 4.98 Å². The maximum absolute atomic E-state index is 12.9. The summed E-state index contributed by atoms with van der Waals surface area (Å²) >= 11 is 0. The van der Waals surface area contributed by atoms with Gasteiger partial charge in [0, 0.05) is 32.6 Å². The van der Waals surface area contributed by atoms with Gasteiger partial charge in [-0.15, -0.1) is 0 Å². The van der Waals surface area contributed by atoms with E-state index >= 15 is 0 Å². The smallest absolute Gasteiger partial charge is 0.240 e. The molecule has 0 atom stereocenters. The Kier molecular flexibility index (Phi) is 5.75. The maximum Gasteiger partial charge on any atom is 0.240 e. The van der Waals surface area contributed by atoms with E-state index < -0.39 is 0 Å². The fourth-order valence-corrected chi connectivity index (χ4v) is 2.91. The van der Waals surface area contributed by atoms with Crippen LogP contribution in [-0.2, 0) is 24.2 Å². The van der Waals surface area contributed by atoms with Crippen LogP contribution in [0.3, 0.4) is 0 Å². The van der Waals surface area contributed by atoms with Crippen LogP contribution >= 0.6 is 0 Å². The van der Waals surface area contributed by atoms with Crippen molar-refractivity contribution in [3.63, 3.8) is 0 Å². The van der Waals surface area contributed by atoms with E-state index in [4.69, 9.17) is 4.52 Å². The van der Waals surface area contributed by atoms with E-state index in [1.807, 2.05) is 4.90 Å². The average Bonchev–Trinajstić information content (AvgIpc) is 3.05. The molecule has 1 saturated heterocycles. The van der Waals surface area contributed by atoms with Crippen LogP contribution in [0.25, 0.3) is 0 Å². The number of hydrogen-bond acceptors (Lipinski definition) is 5. The van der Waals surface area contributed by atoms with Crippen molar-refractivity contribution in [1.82, 2.24) is 19.9 Å². The Morgan fingerprint density at radius 1 is 1.20 bits per heavy atom. The van der Waals surface area contributed by atoms with Gasteiger partial charge in [-0.05, 0) is 24.1 Å². The molecule has 1 aliphatic heterocycles. The van der Waals surface area contributed by atoms with Crippen molar-refractivity contribution in [2.24, 2.45) is 0 Å². The molecule has 0 spiro atoms. The molecule has 1 amide bonds. The van der Waals surface area contributed by atoms with Crippen molar-refractivity contribution in [3.05, 3.63) is 47.4 Å². The Labute approximate surface area is 146 Å². The van der Waals surface area contributed by atoms with Crippen molar-refractivity contribution < 1.29 is 13.7 Å². The van der Waals surface area contributed by atoms with Gasteiger partial charge in [-0.3, -0.25) is 9.69 Å². The summed E-state index contributed by atoms with van der Waals surface area (Å²) in [6.45, 7) is 5.61. The molecule has 2 aromatic rings. The van der Waals surface area contributed by atoms with Gasteiger partial charge in [-0.1, -0.05) is 24.2 Å². The van der Waals surface area contributed by atoms with Crippen LogP contribution in [0, 0.1) is 5.82 Å². The third kappa shape index (κ3) is 4.85. The molecule has 0 unspecified atom stereocenters. The molecule has 2 heterocycles. The normalized spacial score (nSPS) is 15.5. The summed E-state index contributed by atoms with van der Waals surface area (Å²) in [5.41, 5.74) is 0.836. The number of aromatic nitrogens is 2. The average molecular weight is 346 g/mol. The highest BCUT2D eigenvalue weighted by atomic mass is 19.1. The molecule has 0 N–H and O–H groups in total. The lowest BCUT2D eigenvalue weighted by molar-refractivity contribution is -0.132. The van der Waals surface area contributed by atoms with Crippen LogP contribution in [0.4, 0.5) is 4.39 Å². The first-order valence-electron chi connectivity index (χ1n) is 8.70. The predicted octanol–water partition coefficient (Wildman–Crippen LogP) is 2.05. The Hall–Kier alpha value is -2.28. The van der Waals surface area contributed by atoms with E-state index in [9.17, 15) is 9.18 Å². The highest BCUT2D eigenvalue weighted by Crippen LogP contribution is 2.11. The second kappa shape index (κ2) is 8.20. The third-order valence-corrected chi connectivity index (χ3v) is 4.34. The highest BCUT2D eigenvalue weighted by Gasteiger charge is 2.22. The van der Waals surface area contributed by atoms with Gasteiger partial charge in [0.1, 0.15) is 5.82 Å². The number of rotatable bonds is 6. The van der Waals surface area contributed by atoms with Crippen LogP contribution in [0.2, 0.25) is 0 Å². The van der Waals surface area contributed by atoms with Gasteiger partial charge < -0.3 is 9.42 Å². The molecule has 1 aromatic heterocycles. The van der Waals surface area contributed by atoms with E-state index in [1.54, 1.807) is 12.1 Å². The molecular weight excluding hydrogens is 323 g/mol. The number of piperazine rings is 1. The number of nitrogens with zero attached hydrogens (tertiary/aromatic N) is 4. The summed E-state index contributed by atoms with van der Waals surface area (Å²) in [4.78, 5) is 20.8. The Bertz CT molecular complexity index is 693. The summed E-state index contributed by atoms with van der Waals surface area (Å²) in [6, 6.07) is 6.09. The van der Waals surface area contributed by atoms with Crippen molar-refractivity contribution in [2.45, 2.75) is 32.7 Å². The summed E-state index contributed by atoms with van der Waals surface area (Å²) in [7, 11) is 0. The molecular formula is C18H23FN4O2. The van der Waals surface area contributed by atoms with Gasteiger partial charge >= 0.3 is 0 Å². The molecule has 134 valence electrons. The topological polar surface area (TPSA) is 62.5 Å². The van der Waals surface area contributed by atoms with Crippen LogP contribution in [0.5, 0.6) is 0 Å². The van der Waals surface area contributed by atoms with Crippen LogP contribution in [-0.4, -0.2) is 52.0 Å². The van der Waals surface area contributed by atoms with Gasteiger partial charge in [-0.25, -0.2) is 4.39 Å². The van der Waals surface area contributed by atoms with E-state index in [-0.39, 0.29) is 11.7 Å². The standard InChI is InChI=1S/C18H23FN4O2/c1-2-3-16-20-17(25-21-16)13-22-8-10-23(11-9-22)18(24)12-14-4-6-15(19)7-5-14/h4-7H,2-3,8-13H2,1H3. The summed E-state index contributed by atoms with van der Waals surface area (Å²) in [5.74, 6) is 1.18. The second-order valence-electron chi connectivity index (χ2n) is 6.31. The molecule has 0 bridgehead atoms. The number of carbonyl (C=O) groups excluding carboxylic acids is 1. The van der Waals surface area contributed by atoms with Crippen molar-refractivity contribution in [1.29, 1.82) is 0 Å². The molecule has 1 aliphatic rings. The monoisotopic (exact) mass is 346 g/mol. The van der Waals surface area contributed by atoms with Gasteiger partial charge in [0.2, 0.25) is 11.8 Å². The number of hydrogen-bond donors (Lipinski definition) is 0. The molecule has 0 radical (unpaired) electrons. The number of halogens is 1. The lowest BCUT2D eigenvalue weighted by atomic mass is 10.1. The van der Waals surface area contributed by atoms with Gasteiger partial charge in [0.05, 0.1) is 13.0 Å². The number of aryl methyl sites for hydroxylation is 1. The zero-order valence-corrected chi connectivity index (χ0v) is 14.4. The zero-order chi connectivity index (χ0) is 17.6. The number of benzene rings is 1. The molecule has 25 heavy (non-hydrogen) atoms. The molecule has 1 fully saturated rings. The second-order valence-corrected chi connectivity index (χ2v) is 6.31. The van der Waals surface area contributed by atoms with Crippen molar-refractivity contribution >= 4 is 5.91 Å². The van der Waals surface area contributed by atoms with E-state index in [1.165, 1.54) is 12.1 Å². The van der Waals surface area contributed by atoms with Crippen molar-refractivity contribution in [3.8, 4) is 0 Å². The first-order chi connectivity index (χ1) is 12.1. The summed E-state index contributed by atoms with van der Waals surface area (Å²) < 4.78 is 18.2. The summed E-state index contributed by atoms with van der Waals surface area (Å²) in [5, 5.41) is 3.96. The lowest BCUT2D eigenvalue weighted by Gasteiger charge is -2.34. The quantitative estimate of drug-likeness (QED) is 0.801. The molecule has 0 aliphatic carbocycles.